The molecule has 0 heterocycles. The van der Waals surface area contributed by atoms with Gasteiger partial charge in [-0.1, -0.05) is 75.7 Å². The number of ether oxygens (including phenoxy) is 1. The molecule has 0 N–H and O–H groups in total. The van der Waals surface area contributed by atoms with Gasteiger partial charge in [-0.2, -0.15) is 0 Å². The van der Waals surface area contributed by atoms with Gasteiger partial charge in [0.15, 0.2) is 0 Å². The van der Waals surface area contributed by atoms with Crippen LogP contribution in [0.25, 0.3) is 12.2 Å². The first-order chi connectivity index (χ1) is 15.9. The maximum absolute atomic E-state index is 11.9. The van der Waals surface area contributed by atoms with Crippen LogP contribution in [0.15, 0.2) is 40.9 Å². The number of rotatable bonds is 7. The van der Waals surface area contributed by atoms with Crippen LogP contribution in [0.4, 0.5) is 0 Å². The molecule has 192 valence electrons. The summed E-state index contributed by atoms with van der Waals surface area (Å²) in [6.45, 7) is 22.5. The summed E-state index contributed by atoms with van der Waals surface area (Å²) in [5.41, 5.74) is 2.42. The van der Waals surface area contributed by atoms with Crippen molar-refractivity contribution in [3.8, 4) is 11.5 Å². The van der Waals surface area contributed by atoms with E-state index in [2.05, 4.69) is 95.8 Å². The van der Waals surface area contributed by atoms with Crippen LogP contribution in [-0.2, 0) is 4.74 Å². The number of methoxy groups -OCH3 is 1. The molecule has 7 heteroatoms. The molecular weight excluding hydrogens is 536 g/mol. The normalized spacial score (nSPS) is 13.1. The smallest absolute Gasteiger partial charge is 0.337 e. The summed E-state index contributed by atoms with van der Waals surface area (Å²) in [4.78, 5) is 11.9. The second kappa shape index (κ2) is 10.6. The van der Waals surface area contributed by atoms with Crippen LogP contribution in [-0.4, -0.2) is 29.7 Å². The minimum absolute atomic E-state index is 0.0804. The van der Waals surface area contributed by atoms with E-state index in [4.69, 9.17) is 13.6 Å². The first kappa shape index (κ1) is 29.4. The summed E-state index contributed by atoms with van der Waals surface area (Å²) >= 11 is 3.59. The fourth-order valence-electron chi connectivity index (χ4n) is 2.78. The van der Waals surface area contributed by atoms with Crippen molar-refractivity contribution < 1.29 is 18.4 Å². The molecule has 0 aliphatic carbocycles. The van der Waals surface area contributed by atoms with Crippen LogP contribution in [0.1, 0.15) is 63.0 Å². The Balaban J connectivity index is 2.51. The Bertz CT molecular complexity index is 1090. The third-order valence-corrected chi connectivity index (χ3v) is 16.6. The first-order valence-corrected chi connectivity index (χ1v) is 18.6. The van der Waals surface area contributed by atoms with Crippen LogP contribution in [0.2, 0.25) is 36.3 Å². The zero-order chi connectivity index (χ0) is 26.8. The van der Waals surface area contributed by atoms with E-state index < -0.39 is 16.6 Å². The highest BCUT2D eigenvalue weighted by Gasteiger charge is 2.40. The minimum Gasteiger partial charge on any atom is -0.543 e. The number of hydrogen-bond donors (Lipinski definition) is 0. The Morgan fingerprint density at radius 2 is 1.34 bits per heavy atom. The molecule has 0 saturated carbocycles. The van der Waals surface area contributed by atoms with Gasteiger partial charge in [-0.25, -0.2) is 4.79 Å². The van der Waals surface area contributed by atoms with Crippen molar-refractivity contribution in [1.29, 1.82) is 0 Å². The maximum atomic E-state index is 11.9. The molecule has 0 saturated heterocycles. The Kier molecular flexibility index (Phi) is 8.94. The van der Waals surface area contributed by atoms with E-state index in [-0.39, 0.29) is 16.0 Å². The average Bonchev–Trinajstić information content (AvgIpc) is 2.71. The van der Waals surface area contributed by atoms with Gasteiger partial charge in [-0.05, 0) is 72.2 Å². The van der Waals surface area contributed by atoms with E-state index in [1.807, 2.05) is 24.3 Å². The predicted molar refractivity (Wildman–Crippen MR) is 157 cm³/mol. The lowest BCUT2D eigenvalue weighted by Crippen LogP contribution is -2.44. The van der Waals surface area contributed by atoms with Gasteiger partial charge < -0.3 is 13.6 Å². The molecule has 2 aromatic rings. The quantitative estimate of drug-likeness (QED) is 0.187. The topological polar surface area (TPSA) is 44.8 Å². The number of esters is 1. The zero-order valence-electron chi connectivity index (χ0n) is 23.1. The van der Waals surface area contributed by atoms with E-state index in [0.717, 1.165) is 27.1 Å². The van der Waals surface area contributed by atoms with Gasteiger partial charge in [0.25, 0.3) is 8.32 Å². The zero-order valence-corrected chi connectivity index (χ0v) is 26.7. The SMILES string of the molecule is COC(=O)c1ccc(C=Cc2cc(O[Si](C)(C)C(C)(C)C)ccc2O[Si](C)(C)C(C)(C)C)c(Br)c1. The Morgan fingerprint density at radius 1 is 0.800 bits per heavy atom. The van der Waals surface area contributed by atoms with Crippen molar-refractivity contribution >= 4 is 50.7 Å². The summed E-state index contributed by atoms with van der Waals surface area (Å²) in [5.74, 6) is 1.36. The Hall–Kier alpha value is -1.84. The molecule has 0 aromatic heterocycles. The van der Waals surface area contributed by atoms with Crippen LogP contribution in [0, 0.1) is 0 Å². The minimum atomic E-state index is -2.04. The number of halogens is 1. The van der Waals surface area contributed by atoms with Crippen molar-refractivity contribution in [3.05, 3.63) is 57.6 Å². The van der Waals surface area contributed by atoms with Crippen LogP contribution in [0.5, 0.6) is 11.5 Å². The van der Waals surface area contributed by atoms with Gasteiger partial charge in [0.1, 0.15) is 11.5 Å². The summed E-state index contributed by atoms with van der Waals surface area (Å²) < 4.78 is 18.9. The van der Waals surface area contributed by atoms with Crippen LogP contribution in [0.3, 0.4) is 0 Å². The second-order valence-corrected chi connectivity index (χ2v) is 22.3. The highest BCUT2D eigenvalue weighted by Crippen LogP contribution is 2.41. The van der Waals surface area contributed by atoms with Crippen molar-refractivity contribution in [1.82, 2.24) is 0 Å². The van der Waals surface area contributed by atoms with Crippen LogP contribution < -0.4 is 8.85 Å². The molecule has 0 atom stereocenters. The highest BCUT2D eigenvalue weighted by molar-refractivity contribution is 9.10. The van der Waals surface area contributed by atoms with Gasteiger partial charge in [0.2, 0.25) is 8.32 Å². The standard InChI is InChI=1S/C28H41BrO4Si2/c1-27(2,3)34(8,9)32-23-16-17-25(33-35(10,11)28(4,5)6)21(18-23)14-12-20-13-15-22(19-24(20)29)26(30)31-7/h12-19H,1-11H3. The predicted octanol–water partition coefficient (Wildman–Crippen LogP) is 9.17. The molecule has 0 aliphatic rings. The van der Waals surface area contributed by atoms with Crippen molar-refractivity contribution in [3.63, 3.8) is 0 Å². The number of hydrogen-bond acceptors (Lipinski definition) is 4. The second-order valence-electron chi connectivity index (χ2n) is 12.0. The molecule has 0 amide bonds. The molecule has 0 bridgehead atoms. The molecule has 0 radical (unpaired) electrons. The van der Waals surface area contributed by atoms with Crippen molar-refractivity contribution in [2.75, 3.05) is 7.11 Å². The third kappa shape index (κ3) is 7.34. The lowest BCUT2D eigenvalue weighted by Gasteiger charge is -2.38. The maximum Gasteiger partial charge on any atom is 0.337 e. The molecule has 2 rings (SSSR count). The Morgan fingerprint density at radius 3 is 1.86 bits per heavy atom. The van der Waals surface area contributed by atoms with E-state index in [9.17, 15) is 4.79 Å². The fraction of sp³-hybridized carbons (Fsp3) is 0.464. The third-order valence-electron chi connectivity index (χ3n) is 7.20. The molecule has 2 aromatic carbocycles. The van der Waals surface area contributed by atoms with Crippen molar-refractivity contribution in [2.24, 2.45) is 0 Å². The van der Waals surface area contributed by atoms with E-state index in [1.54, 1.807) is 12.1 Å². The molecule has 35 heavy (non-hydrogen) atoms. The molecule has 0 aliphatic heterocycles. The molecule has 0 unspecified atom stereocenters. The van der Waals surface area contributed by atoms with Gasteiger partial charge in [0, 0.05) is 10.0 Å². The summed E-state index contributed by atoms with van der Waals surface area (Å²) in [6.07, 6.45) is 4.08. The summed E-state index contributed by atoms with van der Waals surface area (Å²) in [6, 6.07) is 11.6. The Labute approximate surface area is 222 Å². The molecule has 4 nitrogen and oxygen atoms in total. The summed E-state index contributed by atoms with van der Waals surface area (Å²) in [7, 11) is -2.65. The van der Waals surface area contributed by atoms with Gasteiger partial charge in [-0.15, -0.1) is 0 Å². The first-order valence-electron chi connectivity index (χ1n) is 12.0. The van der Waals surface area contributed by atoms with Gasteiger partial charge >= 0.3 is 5.97 Å². The largest absolute Gasteiger partial charge is 0.543 e. The molecular formula is C28H41BrO4Si2. The average molecular weight is 578 g/mol. The molecule has 0 fully saturated rings. The van der Waals surface area contributed by atoms with Gasteiger partial charge in [-0.3, -0.25) is 0 Å². The van der Waals surface area contributed by atoms with Crippen LogP contribution >= 0.6 is 15.9 Å². The lowest BCUT2D eigenvalue weighted by molar-refractivity contribution is 0.0600. The van der Waals surface area contributed by atoms with E-state index >= 15 is 0 Å². The van der Waals surface area contributed by atoms with E-state index in [0.29, 0.717) is 5.56 Å². The number of benzene rings is 2. The highest BCUT2D eigenvalue weighted by atomic mass is 79.9. The molecule has 0 spiro atoms. The fourth-order valence-corrected chi connectivity index (χ4v) is 5.35. The van der Waals surface area contributed by atoms with Crippen molar-refractivity contribution in [2.45, 2.75) is 77.8 Å². The number of carbonyl (C=O) groups excluding carboxylic acids is 1. The monoisotopic (exact) mass is 576 g/mol. The van der Waals surface area contributed by atoms with E-state index in [1.165, 1.54) is 7.11 Å². The summed E-state index contributed by atoms with van der Waals surface area (Å²) in [5, 5.41) is 0.183. The number of carbonyl (C=O) groups is 1. The van der Waals surface area contributed by atoms with Gasteiger partial charge in [0.05, 0.1) is 12.7 Å². The lowest BCUT2D eigenvalue weighted by atomic mass is 10.1.